The van der Waals surface area contributed by atoms with Gasteiger partial charge in [-0.15, -0.1) is 0 Å². The largest absolute Gasteiger partial charge is 0.351 e. The van der Waals surface area contributed by atoms with E-state index in [1.165, 1.54) is 0 Å². The highest BCUT2D eigenvalue weighted by atomic mass is 16.2. The lowest BCUT2D eigenvalue weighted by Crippen LogP contribution is -2.35. The molecule has 1 heterocycles. The average Bonchev–Trinajstić information content (AvgIpc) is 2.12. The van der Waals surface area contributed by atoms with E-state index < -0.39 is 0 Å². The molecule has 3 heteroatoms. The van der Waals surface area contributed by atoms with E-state index in [-0.39, 0.29) is 6.03 Å². The Kier molecular flexibility index (Phi) is 2.31. The molecular formula is C7H12N2O. The topological polar surface area (TPSA) is 46.3 Å². The monoisotopic (exact) mass is 140 g/mol. The molecule has 0 saturated heterocycles. The molecule has 1 rings (SSSR count). The van der Waals surface area contributed by atoms with E-state index in [0.717, 1.165) is 19.4 Å². The van der Waals surface area contributed by atoms with Crippen molar-refractivity contribution < 1.29 is 4.79 Å². The van der Waals surface area contributed by atoms with Crippen molar-refractivity contribution >= 4 is 6.03 Å². The second-order valence-electron chi connectivity index (χ2n) is 2.40. The summed E-state index contributed by atoms with van der Waals surface area (Å²) in [6.45, 7) is 1.47. The summed E-state index contributed by atoms with van der Waals surface area (Å²) in [6, 6.07) is -0.313. The standard InChI is InChI=1S/C7H12N2O/c8-7(10)9-5-3-1-2-4-6-9/h1,3H,2,4-6H2,(H2,8,10). The van der Waals surface area contributed by atoms with E-state index >= 15 is 0 Å². The molecule has 0 saturated carbocycles. The second-order valence-corrected chi connectivity index (χ2v) is 2.40. The summed E-state index contributed by atoms with van der Waals surface area (Å²) in [4.78, 5) is 12.3. The molecule has 0 aliphatic carbocycles. The minimum Gasteiger partial charge on any atom is -0.351 e. The minimum atomic E-state index is -0.313. The molecule has 0 aromatic carbocycles. The number of carbonyl (C=O) groups excluding carboxylic acids is 1. The zero-order chi connectivity index (χ0) is 7.40. The van der Waals surface area contributed by atoms with Gasteiger partial charge in [0.25, 0.3) is 0 Å². The lowest BCUT2D eigenvalue weighted by molar-refractivity contribution is 0.213. The van der Waals surface area contributed by atoms with Crippen LogP contribution in [-0.4, -0.2) is 24.0 Å². The van der Waals surface area contributed by atoms with Gasteiger partial charge in [-0.25, -0.2) is 4.79 Å². The van der Waals surface area contributed by atoms with Crippen molar-refractivity contribution in [3.63, 3.8) is 0 Å². The van der Waals surface area contributed by atoms with Gasteiger partial charge in [0, 0.05) is 13.1 Å². The van der Waals surface area contributed by atoms with Crippen LogP contribution in [0.3, 0.4) is 0 Å². The van der Waals surface area contributed by atoms with Crippen LogP contribution < -0.4 is 5.73 Å². The number of allylic oxidation sites excluding steroid dienone is 1. The van der Waals surface area contributed by atoms with Crippen molar-refractivity contribution in [3.05, 3.63) is 12.2 Å². The summed E-state index contributed by atoms with van der Waals surface area (Å²) in [5.74, 6) is 0. The van der Waals surface area contributed by atoms with Crippen LogP contribution in [0.2, 0.25) is 0 Å². The number of urea groups is 1. The van der Waals surface area contributed by atoms with Gasteiger partial charge in [0.05, 0.1) is 0 Å². The Labute approximate surface area is 60.5 Å². The van der Waals surface area contributed by atoms with Crippen LogP contribution >= 0.6 is 0 Å². The fourth-order valence-corrected chi connectivity index (χ4v) is 1.01. The number of primary amides is 1. The van der Waals surface area contributed by atoms with E-state index in [2.05, 4.69) is 6.08 Å². The van der Waals surface area contributed by atoms with Gasteiger partial charge in [0.1, 0.15) is 0 Å². The average molecular weight is 140 g/mol. The highest BCUT2D eigenvalue weighted by molar-refractivity contribution is 5.72. The van der Waals surface area contributed by atoms with Crippen LogP contribution in [0.25, 0.3) is 0 Å². The van der Waals surface area contributed by atoms with Crippen molar-refractivity contribution in [2.75, 3.05) is 13.1 Å². The predicted molar refractivity (Wildman–Crippen MR) is 39.5 cm³/mol. The van der Waals surface area contributed by atoms with Crippen molar-refractivity contribution in [3.8, 4) is 0 Å². The van der Waals surface area contributed by atoms with E-state index in [9.17, 15) is 4.79 Å². The Morgan fingerprint density at radius 3 is 3.00 bits per heavy atom. The third-order valence-corrected chi connectivity index (χ3v) is 1.60. The number of carbonyl (C=O) groups is 1. The molecule has 1 aliphatic rings. The van der Waals surface area contributed by atoms with Crippen molar-refractivity contribution in [2.24, 2.45) is 5.73 Å². The van der Waals surface area contributed by atoms with Crippen molar-refractivity contribution in [1.82, 2.24) is 4.90 Å². The summed E-state index contributed by atoms with van der Waals surface area (Å²) in [7, 11) is 0. The number of hydrogen-bond acceptors (Lipinski definition) is 1. The van der Waals surface area contributed by atoms with Gasteiger partial charge < -0.3 is 10.6 Å². The number of nitrogens with zero attached hydrogens (tertiary/aromatic N) is 1. The highest BCUT2D eigenvalue weighted by Gasteiger charge is 2.07. The lowest BCUT2D eigenvalue weighted by Gasteiger charge is -2.15. The maximum absolute atomic E-state index is 10.6. The number of hydrogen-bond donors (Lipinski definition) is 1. The van der Waals surface area contributed by atoms with Crippen molar-refractivity contribution in [2.45, 2.75) is 12.8 Å². The highest BCUT2D eigenvalue weighted by Crippen LogP contribution is 2.01. The van der Waals surface area contributed by atoms with Crippen LogP contribution in [0.15, 0.2) is 12.2 Å². The maximum Gasteiger partial charge on any atom is 0.315 e. The first kappa shape index (κ1) is 7.12. The van der Waals surface area contributed by atoms with Gasteiger partial charge in [-0.05, 0) is 12.8 Å². The first-order valence-electron chi connectivity index (χ1n) is 3.50. The zero-order valence-corrected chi connectivity index (χ0v) is 5.92. The summed E-state index contributed by atoms with van der Waals surface area (Å²) >= 11 is 0. The van der Waals surface area contributed by atoms with E-state index in [4.69, 9.17) is 5.73 Å². The fourth-order valence-electron chi connectivity index (χ4n) is 1.01. The summed E-state index contributed by atoms with van der Waals surface area (Å²) in [5, 5.41) is 0. The number of nitrogens with two attached hydrogens (primary N) is 1. The maximum atomic E-state index is 10.6. The van der Waals surface area contributed by atoms with Crippen LogP contribution in [-0.2, 0) is 0 Å². The molecule has 0 atom stereocenters. The molecule has 3 nitrogen and oxygen atoms in total. The Hall–Kier alpha value is -0.990. The molecule has 2 N–H and O–H groups in total. The normalized spacial score (nSPS) is 18.6. The summed E-state index contributed by atoms with van der Waals surface area (Å²) < 4.78 is 0. The van der Waals surface area contributed by atoms with Crippen LogP contribution in [0.4, 0.5) is 4.79 Å². The van der Waals surface area contributed by atoms with Gasteiger partial charge >= 0.3 is 6.03 Å². The van der Waals surface area contributed by atoms with Gasteiger partial charge in [0.2, 0.25) is 0 Å². The molecule has 1 aliphatic heterocycles. The van der Waals surface area contributed by atoms with Gasteiger partial charge in [-0.1, -0.05) is 12.2 Å². The fraction of sp³-hybridized carbons (Fsp3) is 0.571. The number of rotatable bonds is 0. The quantitative estimate of drug-likeness (QED) is 0.495. The molecular weight excluding hydrogens is 128 g/mol. The molecule has 0 bridgehead atoms. The Balaban J connectivity index is 2.45. The van der Waals surface area contributed by atoms with Crippen LogP contribution in [0, 0.1) is 0 Å². The van der Waals surface area contributed by atoms with E-state index in [1.807, 2.05) is 6.08 Å². The Bertz CT molecular complexity index is 154. The Morgan fingerprint density at radius 1 is 1.50 bits per heavy atom. The molecule has 56 valence electrons. The van der Waals surface area contributed by atoms with Gasteiger partial charge in [0.15, 0.2) is 0 Å². The van der Waals surface area contributed by atoms with E-state index in [0.29, 0.717) is 6.54 Å². The minimum absolute atomic E-state index is 0.313. The van der Waals surface area contributed by atoms with Crippen molar-refractivity contribution in [1.29, 1.82) is 0 Å². The third-order valence-electron chi connectivity index (χ3n) is 1.60. The Morgan fingerprint density at radius 2 is 2.30 bits per heavy atom. The molecule has 0 radical (unpaired) electrons. The molecule has 2 amide bonds. The zero-order valence-electron chi connectivity index (χ0n) is 5.92. The second kappa shape index (κ2) is 3.25. The predicted octanol–water partition coefficient (Wildman–Crippen LogP) is 0.717. The third kappa shape index (κ3) is 1.76. The number of amides is 2. The van der Waals surface area contributed by atoms with Crippen LogP contribution in [0.1, 0.15) is 12.8 Å². The van der Waals surface area contributed by atoms with Crippen LogP contribution in [0.5, 0.6) is 0 Å². The smallest absolute Gasteiger partial charge is 0.315 e. The molecule has 0 fully saturated rings. The molecule has 0 spiro atoms. The first-order chi connectivity index (χ1) is 4.80. The summed E-state index contributed by atoms with van der Waals surface area (Å²) in [5.41, 5.74) is 5.09. The van der Waals surface area contributed by atoms with E-state index in [1.54, 1.807) is 4.90 Å². The summed E-state index contributed by atoms with van der Waals surface area (Å²) in [6.07, 6.45) is 6.16. The molecule has 10 heavy (non-hydrogen) atoms. The molecule has 0 unspecified atom stereocenters. The molecule has 0 aromatic rings. The molecule has 0 aromatic heterocycles. The SMILES string of the molecule is NC(=O)N1CC=CCCC1. The first-order valence-corrected chi connectivity index (χ1v) is 3.50. The lowest BCUT2D eigenvalue weighted by atomic mass is 10.3. The van der Waals surface area contributed by atoms with Gasteiger partial charge in [-0.3, -0.25) is 0 Å². The van der Waals surface area contributed by atoms with Gasteiger partial charge in [-0.2, -0.15) is 0 Å².